The molecule has 0 atom stereocenters. The molecule has 0 aliphatic carbocycles. The molecule has 114 valence electrons. The van der Waals surface area contributed by atoms with Gasteiger partial charge in [0.25, 0.3) is 0 Å². The molecule has 21 heavy (non-hydrogen) atoms. The average Bonchev–Trinajstić information content (AvgIpc) is 2.36. The maximum atomic E-state index is 4.58. The number of rotatable bonds is 6. The molecule has 0 radical (unpaired) electrons. The fourth-order valence-corrected chi connectivity index (χ4v) is 3.17. The lowest BCUT2D eigenvalue weighted by molar-refractivity contribution is 0.442. The molecule has 2 rings (SSSR count). The quantitative estimate of drug-likeness (QED) is 0.705. The number of hydrogen-bond donors (Lipinski definition) is 1. The van der Waals surface area contributed by atoms with Gasteiger partial charge in [-0.05, 0) is 52.7 Å². The highest BCUT2D eigenvalue weighted by Crippen LogP contribution is 2.26. The number of anilines is 1. The van der Waals surface area contributed by atoms with Crippen LogP contribution < -0.4 is 5.32 Å². The van der Waals surface area contributed by atoms with Crippen LogP contribution in [-0.4, -0.2) is 11.0 Å². The molecule has 0 aliphatic heterocycles. The van der Waals surface area contributed by atoms with Crippen LogP contribution in [0.2, 0.25) is 0 Å². The highest BCUT2D eigenvalue weighted by atomic mass is 79.9. The molecule has 0 bridgehead atoms. The van der Waals surface area contributed by atoms with E-state index in [-0.39, 0.29) is 0 Å². The third kappa shape index (κ3) is 4.70. The molecule has 1 N–H and O–H groups in total. The highest BCUT2D eigenvalue weighted by molar-refractivity contribution is 9.10. The van der Waals surface area contributed by atoms with Crippen molar-refractivity contribution in [1.29, 1.82) is 0 Å². The number of nitrogens with zero attached hydrogens (tertiary/aromatic N) is 1. The summed E-state index contributed by atoms with van der Waals surface area (Å²) in [5.41, 5.74) is 2.20. The van der Waals surface area contributed by atoms with Crippen molar-refractivity contribution in [3.8, 4) is 0 Å². The van der Waals surface area contributed by atoms with Crippen molar-refractivity contribution in [3.63, 3.8) is 0 Å². The Morgan fingerprint density at radius 1 is 1.10 bits per heavy atom. The lowest BCUT2D eigenvalue weighted by Crippen LogP contribution is -2.23. The molecule has 0 saturated heterocycles. The number of halogens is 1. The van der Waals surface area contributed by atoms with E-state index in [1.165, 1.54) is 18.2 Å². The summed E-state index contributed by atoms with van der Waals surface area (Å²) >= 11 is 3.49. The van der Waals surface area contributed by atoms with E-state index in [9.17, 15) is 0 Å². The van der Waals surface area contributed by atoms with E-state index in [2.05, 4.69) is 78.2 Å². The van der Waals surface area contributed by atoms with E-state index in [4.69, 9.17) is 0 Å². The molecule has 1 aromatic carbocycles. The van der Waals surface area contributed by atoms with Crippen molar-refractivity contribution in [1.82, 2.24) is 4.98 Å². The van der Waals surface area contributed by atoms with E-state index in [1.807, 2.05) is 6.20 Å². The molecule has 2 nitrogen and oxygen atoms in total. The lowest BCUT2D eigenvalue weighted by Gasteiger charge is -2.24. The van der Waals surface area contributed by atoms with Gasteiger partial charge in [0.1, 0.15) is 0 Å². The van der Waals surface area contributed by atoms with Crippen LogP contribution in [0.25, 0.3) is 10.9 Å². The van der Waals surface area contributed by atoms with Crippen molar-refractivity contribution >= 4 is 32.5 Å². The fraction of sp³-hybridized carbons (Fsp3) is 0.500. The maximum absolute atomic E-state index is 4.58. The summed E-state index contributed by atoms with van der Waals surface area (Å²) < 4.78 is 1.02. The van der Waals surface area contributed by atoms with Gasteiger partial charge in [-0.15, -0.1) is 0 Å². The lowest BCUT2D eigenvalue weighted by atomic mass is 9.95. The predicted octanol–water partition coefficient (Wildman–Crippen LogP) is 5.87. The minimum absolute atomic E-state index is 0.501. The molecule has 3 heteroatoms. The van der Waals surface area contributed by atoms with Gasteiger partial charge in [-0.25, -0.2) is 0 Å². The Labute approximate surface area is 136 Å². The summed E-state index contributed by atoms with van der Waals surface area (Å²) in [6.45, 7) is 9.14. The van der Waals surface area contributed by atoms with Gasteiger partial charge < -0.3 is 5.32 Å². The first-order valence-corrected chi connectivity index (χ1v) is 8.55. The molecule has 0 spiro atoms. The van der Waals surface area contributed by atoms with Crippen LogP contribution in [0.4, 0.5) is 5.69 Å². The van der Waals surface area contributed by atoms with Crippen LogP contribution in [-0.2, 0) is 0 Å². The zero-order valence-corrected chi connectivity index (χ0v) is 14.9. The monoisotopic (exact) mass is 348 g/mol. The number of benzene rings is 1. The van der Waals surface area contributed by atoms with Gasteiger partial charge in [-0.2, -0.15) is 0 Å². The molecular formula is C18H25BrN2. The second kappa shape index (κ2) is 7.26. The number of aromatic nitrogens is 1. The van der Waals surface area contributed by atoms with Gasteiger partial charge >= 0.3 is 0 Å². The van der Waals surface area contributed by atoms with E-state index < -0.39 is 0 Å². The largest absolute Gasteiger partial charge is 0.381 e. The number of hydrogen-bond acceptors (Lipinski definition) is 2. The van der Waals surface area contributed by atoms with E-state index in [1.54, 1.807) is 0 Å². The van der Waals surface area contributed by atoms with E-state index in [0.717, 1.165) is 15.7 Å². The van der Waals surface area contributed by atoms with Crippen LogP contribution in [0, 0.1) is 11.8 Å². The Kier molecular flexibility index (Phi) is 5.63. The first kappa shape index (κ1) is 16.3. The smallest absolute Gasteiger partial charge is 0.0934 e. The molecule has 0 unspecified atom stereocenters. The van der Waals surface area contributed by atoms with Crippen LogP contribution >= 0.6 is 15.9 Å². The number of fused-ring (bicyclic) bond motifs is 1. The van der Waals surface area contributed by atoms with Gasteiger partial charge in [0, 0.05) is 22.1 Å². The van der Waals surface area contributed by atoms with Crippen LogP contribution in [0.1, 0.15) is 40.5 Å². The standard InChI is InChI=1S/C18H25BrN2/c1-12(2)8-16(9-13(3)4)21-17-7-5-6-14-10-15(19)11-20-18(14)17/h5-7,10-13,16,21H,8-9H2,1-4H3. The molecule has 0 saturated carbocycles. The summed E-state index contributed by atoms with van der Waals surface area (Å²) in [6.07, 6.45) is 4.24. The Balaban J connectivity index is 2.27. The Bertz CT molecular complexity index is 583. The predicted molar refractivity (Wildman–Crippen MR) is 95.8 cm³/mol. The summed E-state index contributed by atoms with van der Waals surface area (Å²) in [4.78, 5) is 4.58. The number of pyridine rings is 1. The van der Waals surface area contributed by atoms with Crippen molar-refractivity contribution in [3.05, 3.63) is 34.9 Å². The summed E-state index contributed by atoms with van der Waals surface area (Å²) in [5, 5.41) is 4.90. The van der Waals surface area contributed by atoms with E-state index >= 15 is 0 Å². The normalized spacial score (nSPS) is 11.8. The van der Waals surface area contributed by atoms with Gasteiger partial charge in [0.2, 0.25) is 0 Å². The average molecular weight is 349 g/mol. The first-order chi connectivity index (χ1) is 9.95. The second-order valence-corrected chi connectivity index (χ2v) is 7.55. The number of para-hydroxylation sites is 1. The van der Waals surface area contributed by atoms with Gasteiger partial charge in [-0.1, -0.05) is 39.8 Å². The topological polar surface area (TPSA) is 24.9 Å². The molecule has 1 aromatic heterocycles. The third-order valence-electron chi connectivity index (χ3n) is 3.55. The van der Waals surface area contributed by atoms with Crippen molar-refractivity contribution < 1.29 is 0 Å². The van der Waals surface area contributed by atoms with Crippen molar-refractivity contribution in [2.45, 2.75) is 46.6 Å². The summed E-state index contributed by atoms with van der Waals surface area (Å²) in [6, 6.07) is 8.96. The third-order valence-corrected chi connectivity index (χ3v) is 3.98. The zero-order valence-electron chi connectivity index (χ0n) is 13.4. The number of nitrogens with one attached hydrogen (secondary N) is 1. The van der Waals surface area contributed by atoms with Crippen LogP contribution in [0.3, 0.4) is 0 Å². The summed E-state index contributed by atoms with van der Waals surface area (Å²) in [7, 11) is 0. The molecule has 0 amide bonds. The highest BCUT2D eigenvalue weighted by Gasteiger charge is 2.14. The second-order valence-electron chi connectivity index (χ2n) is 6.63. The zero-order chi connectivity index (χ0) is 15.4. The minimum Gasteiger partial charge on any atom is -0.381 e. The van der Waals surface area contributed by atoms with Crippen molar-refractivity contribution in [2.75, 3.05) is 5.32 Å². The SMILES string of the molecule is CC(C)CC(CC(C)C)Nc1cccc2cc(Br)cnc12. The van der Waals surface area contributed by atoms with Gasteiger partial charge in [0.15, 0.2) is 0 Å². The molecule has 2 aromatic rings. The van der Waals surface area contributed by atoms with Gasteiger partial charge in [0.05, 0.1) is 11.2 Å². The molecule has 0 fully saturated rings. The first-order valence-electron chi connectivity index (χ1n) is 7.76. The van der Waals surface area contributed by atoms with Crippen molar-refractivity contribution in [2.24, 2.45) is 11.8 Å². The minimum atomic E-state index is 0.501. The molecule has 1 heterocycles. The van der Waals surface area contributed by atoms with E-state index in [0.29, 0.717) is 17.9 Å². The van der Waals surface area contributed by atoms with Crippen LogP contribution in [0.15, 0.2) is 34.9 Å². The summed E-state index contributed by atoms with van der Waals surface area (Å²) in [5.74, 6) is 1.39. The van der Waals surface area contributed by atoms with Gasteiger partial charge in [-0.3, -0.25) is 4.98 Å². The Morgan fingerprint density at radius 2 is 1.76 bits per heavy atom. The molecule has 0 aliphatic rings. The fourth-order valence-electron chi connectivity index (χ4n) is 2.82. The maximum Gasteiger partial charge on any atom is 0.0934 e. The Hall–Kier alpha value is -1.09. The molecular weight excluding hydrogens is 324 g/mol. The Morgan fingerprint density at radius 3 is 2.38 bits per heavy atom. The van der Waals surface area contributed by atoms with Crippen LogP contribution in [0.5, 0.6) is 0 Å².